The minimum Gasteiger partial charge on any atom is -0.478 e. The summed E-state index contributed by atoms with van der Waals surface area (Å²) in [5, 5.41) is 9.20. The molecule has 1 aromatic rings. The number of unbranched alkanes of at least 4 members (excludes halogenated alkanes) is 1. The summed E-state index contributed by atoms with van der Waals surface area (Å²) >= 11 is 0. The van der Waals surface area contributed by atoms with Gasteiger partial charge in [-0.1, -0.05) is 31.4 Å². The third kappa shape index (κ3) is 4.64. The lowest BCUT2D eigenvalue weighted by Gasteiger charge is -2.32. The summed E-state index contributed by atoms with van der Waals surface area (Å²) in [7, 11) is 0. The molecule has 6 heteroatoms. The van der Waals surface area contributed by atoms with Crippen molar-refractivity contribution < 1.29 is 23.5 Å². The second kappa shape index (κ2) is 9.55. The van der Waals surface area contributed by atoms with E-state index in [0.717, 1.165) is 48.8 Å². The van der Waals surface area contributed by atoms with Crippen LogP contribution >= 0.6 is 0 Å². The molecule has 4 nitrogen and oxygen atoms in total. The van der Waals surface area contributed by atoms with Crippen LogP contribution in [0.4, 0.5) is 8.78 Å². The van der Waals surface area contributed by atoms with E-state index in [0.29, 0.717) is 25.9 Å². The molecular weight excluding hydrogens is 412 g/mol. The maximum absolute atomic E-state index is 14.0. The maximum Gasteiger partial charge on any atom is 0.335 e. The smallest absolute Gasteiger partial charge is 0.335 e. The Labute approximate surface area is 188 Å². The lowest BCUT2D eigenvalue weighted by atomic mass is 9.78. The average Bonchev–Trinajstić information content (AvgIpc) is 3.18. The van der Waals surface area contributed by atoms with Crippen molar-refractivity contribution in [1.82, 2.24) is 4.90 Å². The fourth-order valence-corrected chi connectivity index (χ4v) is 5.67. The molecule has 1 fully saturated rings. The van der Waals surface area contributed by atoms with E-state index in [4.69, 9.17) is 0 Å². The van der Waals surface area contributed by atoms with Crippen molar-refractivity contribution >= 4 is 11.9 Å². The van der Waals surface area contributed by atoms with E-state index in [1.54, 1.807) is 12.1 Å². The molecule has 2 aliphatic carbocycles. The van der Waals surface area contributed by atoms with Crippen LogP contribution in [0.5, 0.6) is 0 Å². The van der Waals surface area contributed by atoms with Crippen molar-refractivity contribution in [2.45, 2.75) is 64.8 Å². The summed E-state index contributed by atoms with van der Waals surface area (Å²) in [6.07, 6.45) is 7.34. The van der Waals surface area contributed by atoms with Crippen LogP contribution in [0.1, 0.15) is 73.4 Å². The molecular formula is C26H31F2NO3. The first kappa shape index (κ1) is 22.7. The van der Waals surface area contributed by atoms with Crippen LogP contribution in [0, 0.1) is 17.8 Å². The first-order chi connectivity index (χ1) is 15.4. The molecule has 0 aromatic heterocycles. The van der Waals surface area contributed by atoms with Gasteiger partial charge < -0.3 is 10.0 Å². The molecule has 1 aliphatic heterocycles. The summed E-state index contributed by atoms with van der Waals surface area (Å²) < 4.78 is 27.7. The number of hydrogen-bond donors (Lipinski definition) is 1. The molecule has 0 spiro atoms. The molecule has 1 heterocycles. The Balaban J connectivity index is 1.47. The molecule has 32 heavy (non-hydrogen) atoms. The van der Waals surface area contributed by atoms with Crippen LogP contribution in [0.15, 0.2) is 41.5 Å². The van der Waals surface area contributed by atoms with Crippen molar-refractivity contribution in [3.05, 3.63) is 58.2 Å². The Morgan fingerprint density at radius 2 is 2.03 bits per heavy atom. The molecule has 3 aliphatic rings. The molecule has 0 bridgehead atoms. The number of allylic oxidation sites excluding steroid dienone is 4. The van der Waals surface area contributed by atoms with E-state index in [2.05, 4.69) is 6.92 Å². The molecule has 1 saturated carbocycles. The van der Waals surface area contributed by atoms with Gasteiger partial charge in [0.05, 0.1) is 5.56 Å². The molecule has 1 N–H and O–H groups in total. The van der Waals surface area contributed by atoms with Crippen LogP contribution in [-0.2, 0) is 17.8 Å². The first-order valence-corrected chi connectivity index (χ1v) is 11.8. The molecule has 0 saturated heterocycles. The van der Waals surface area contributed by atoms with Gasteiger partial charge in [-0.2, -0.15) is 0 Å². The van der Waals surface area contributed by atoms with Crippen LogP contribution < -0.4 is 0 Å². The van der Waals surface area contributed by atoms with Gasteiger partial charge in [0.15, 0.2) is 5.83 Å². The summed E-state index contributed by atoms with van der Waals surface area (Å²) in [5.74, 6) is -1.86. The van der Waals surface area contributed by atoms with E-state index >= 15 is 0 Å². The number of nitrogens with zero attached hydrogens (tertiary/aromatic N) is 1. The minimum absolute atomic E-state index is 0.0732. The quantitative estimate of drug-likeness (QED) is 0.565. The Kier molecular flexibility index (Phi) is 6.77. The number of rotatable bonds is 7. The molecule has 1 amide bonds. The summed E-state index contributed by atoms with van der Waals surface area (Å²) in [5.41, 5.74) is 3.27. The Morgan fingerprint density at radius 1 is 1.22 bits per heavy atom. The molecule has 172 valence electrons. The highest BCUT2D eigenvalue weighted by molar-refractivity contribution is 5.88. The fourth-order valence-electron chi connectivity index (χ4n) is 5.67. The number of carbonyl (C=O) groups is 2. The third-order valence-corrected chi connectivity index (χ3v) is 7.46. The van der Waals surface area contributed by atoms with Gasteiger partial charge in [0.2, 0.25) is 5.91 Å². The number of fused-ring (bicyclic) bond motifs is 2. The van der Waals surface area contributed by atoms with Gasteiger partial charge in [-0.25, -0.2) is 13.6 Å². The Bertz CT molecular complexity index is 968. The second-order valence-electron chi connectivity index (χ2n) is 9.44. The van der Waals surface area contributed by atoms with Gasteiger partial charge in [-0.05, 0) is 72.8 Å². The Hall–Kier alpha value is -2.50. The van der Waals surface area contributed by atoms with Gasteiger partial charge in [-0.3, -0.25) is 4.79 Å². The van der Waals surface area contributed by atoms with Gasteiger partial charge in [0, 0.05) is 25.9 Å². The maximum atomic E-state index is 14.0. The molecule has 3 atom stereocenters. The fraction of sp³-hybridized carbons (Fsp3) is 0.538. The number of hydrogen-bond acceptors (Lipinski definition) is 2. The third-order valence-electron chi connectivity index (χ3n) is 7.46. The normalized spacial score (nSPS) is 23.5. The number of halogens is 2. The topological polar surface area (TPSA) is 57.6 Å². The van der Waals surface area contributed by atoms with E-state index < -0.39 is 17.6 Å². The summed E-state index contributed by atoms with van der Waals surface area (Å²) in [6, 6.07) is 5.11. The highest BCUT2D eigenvalue weighted by Crippen LogP contribution is 2.49. The highest BCUT2D eigenvalue weighted by Gasteiger charge is 2.39. The van der Waals surface area contributed by atoms with Crippen molar-refractivity contribution in [2.75, 3.05) is 6.54 Å². The van der Waals surface area contributed by atoms with Crippen LogP contribution in [0.25, 0.3) is 0 Å². The van der Waals surface area contributed by atoms with Gasteiger partial charge in [-0.15, -0.1) is 0 Å². The first-order valence-electron chi connectivity index (χ1n) is 11.8. The van der Waals surface area contributed by atoms with Crippen LogP contribution in [0.3, 0.4) is 0 Å². The molecule has 1 aromatic carbocycles. The second-order valence-corrected chi connectivity index (χ2v) is 9.44. The zero-order chi connectivity index (χ0) is 22.8. The standard InChI is InChI=1S/C26H31F2NO3/c1-2-3-4-17(21-8-7-18-12-23(27)24(28)14-22(18)21)13-25(30)29-10-9-16-11-19(26(31)32)5-6-20(16)15-29/h5-6,11,14,17-18,21H,2-4,7-10,12-13,15H2,1H3,(H,31,32). The number of aromatic carboxylic acids is 1. The van der Waals surface area contributed by atoms with Crippen molar-refractivity contribution in [1.29, 1.82) is 0 Å². The van der Waals surface area contributed by atoms with Crippen molar-refractivity contribution in [3.63, 3.8) is 0 Å². The summed E-state index contributed by atoms with van der Waals surface area (Å²) in [4.78, 5) is 26.3. The number of carbonyl (C=O) groups excluding carboxylic acids is 1. The average molecular weight is 444 g/mol. The lowest BCUT2D eigenvalue weighted by Crippen LogP contribution is -2.37. The number of benzene rings is 1. The number of carboxylic acid groups (broad SMARTS) is 1. The monoisotopic (exact) mass is 443 g/mol. The summed E-state index contributed by atoms with van der Waals surface area (Å²) in [6.45, 7) is 3.20. The largest absolute Gasteiger partial charge is 0.478 e. The molecule has 4 rings (SSSR count). The number of carboxylic acids is 1. The predicted molar refractivity (Wildman–Crippen MR) is 118 cm³/mol. The van der Waals surface area contributed by atoms with Crippen LogP contribution in [-0.4, -0.2) is 28.4 Å². The Morgan fingerprint density at radius 3 is 2.78 bits per heavy atom. The predicted octanol–water partition coefficient (Wildman–Crippen LogP) is 5.97. The van der Waals surface area contributed by atoms with Gasteiger partial charge in [0.1, 0.15) is 5.83 Å². The van der Waals surface area contributed by atoms with Crippen LogP contribution in [0.2, 0.25) is 0 Å². The van der Waals surface area contributed by atoms with E-state index in [1.165, 1.54) is 6.08 Å². The van der Waals surface area contributed by atoms with E-state index in [1.807, 2.05) is 11.0 Å². The van der Waals surface area contributed by atoms with Crippen molar-refractivity contribution in [2.24, 2.45) is 17.8 Å². The SMILES string of the molecule is CCCCC(CC(=O)N1CCc2cc(C(=O)O)ccc2C1)C1CCC2CC(F)=C(F)C=C21. The number of amides is 1. The molecule has 3 unspecified atom stereocenters. The van der Waals surface area contributed by atoms with E-state index in [-0.39, 0.29) is 35.6 Å². The van der Waals surface area contributed by atoms with Crippen molar-refractivity contribution in [3.8, 4) is 0 Å². The van der Waals surface area contributed by atoms with Gasteiger partial charge >= 0.3 is 5.97 Å². The minimum atomic E-state index is -0.942. The zero-order valence-electron chi connectivity index (χ0n) is 18.6. The van der Waals surface area contributed by atoms with Gasteiger partial charge in [0.25, 0.3) is 0 Å². The zero-order valence-corrected chi connectivity index (χ0v) is 18.6. The molecule has 0 radical (unpaired) electrons. The highest BCUT2D eigenvalue weighted by atomic mass is 19.2. The lowest BCUT2D eigenvalue weighted by molar-refractivity contribution is -0.133. The van der Waals surface area contributed by atoms with E-state index in [9.17, 15) is 23.5 Å².